The second-order valence-corrected chi connectivity index (χ2v) is 18.3. The van der Waals surface area contributed by atoms with Crippen LogP contribution in [0, 0.1) is 0 Å². The van der Waals surface area contributed by atoms with E-state index in [9.17, 15) is 43.2 Å². The quantitative estimate of drug-likeness (QED) is 0.203. The Morgan fingerprint density at radius 3 is 1.51 bits per heavy atom. The molecule has 7 heterocycles. The minimum absolute atomic E-state index is 0.123. The van der Waals surface area contributed by atoms with Gasteiger partial charge in [0.25, 0.3) is 17.7 Å². The highest BCUT2D eigenvalue weighted by molar-refractivity contribution is 9.10. The first-order valence-corrected chi connectivity index (χ1v) is 23.0. The molecular weight excluding hydrogens is 922 g/mol. The SMILES string of the molecule is C=Cc1ccc2c(c1)CN(C1CCC(=O)NC1=O)C2=O.O=C1CCC(N2Cc3cc(Br)ccc3C2=O)C(=O)N1.O=C1CCC(N2Cc3cc(C4CCNc5ccccc54)ccc3C2=O)C(=O)N1. The Kier molecular flexibility index (Phi) is 12.4. The van der Waals surface area contributed by atoms with Crippen LogP contribution in [0.2, 0.25) is 0 Å². The van der Waals surface area contributed by atoms with Crippen LogP contribution >= 0.6 is 15.9 Å². The van der Waals surface area contributed by atoms with E-state index in [2.05, 4.69) is 68.0 Å². The van der Waals surface area contributed by atoms with Crippen molar-refractivity contribution in [2.45, 2.75) is 88.6 Å². The molecule has 4 aromatic carbocycles. The number of piperidine rings is 3. The van der Waals surface area contributed by atoms with E-state index in [1.807, 2.05) is 42.5 Å². The third-order valence-corrected chi connectivity index (χ3v) is 13.8. The number of nitrogens with zero attached hydrogens (tertiary/aromatic N) is 3. The summed E-state index contributed by atoms with van der Waals surface area (Å²) in [5.41, 5.74) is 9.28. The fraction of sp³-hybridized carbons (Fsp3) is 0.300. The lowest BCUT2D eigenvalue weighted by atomic mass is 9.84. The maximum atomic E-state index is 12.9. The zero-order valence-electron chi connectivity index (χ0n) is 36.3. The minimum atomic E-state index is -0.569. The molecule has 0 aromatic heterocycles. The van der Waals surface area contributed by atoms with Crippen molar-refractivity contribution < 1.29 is 43.2 Å². The fourth-order valence-electron chi connectivity index (χ4n) is 9.89. The van der Waals surface area contributed by atoms with Gasteiger partial charge in [0.15, 0.2) is 0 Å². The van der Waals surface area contributed by atoms with Crippen LogP contribution in [0.5, 0.6) is 0 Å². The van der Waals surface area contributed by atoms with E-state index >= 15 is 0 Å². The second kappa shape index (κ2) is 18.5. The number of fused-ring (bicyclic) bond motifs is 4. The summed E-state index contributed by atoms with van der Waals surface area (Å²) in [5, 5.41) is 10.4. The lowest BCUT2D eigenvalue weighted by Gasteiger charge is -2.29. The number of benzene rings is 4. The van der Waals surface area contributed by atoms with E-state index in [-0.39, 0.29) is 72.4 Å². The Morgan fingerprint density at radius 2 is 1.00 bits per heavy atom. The Labute approximate surface area is 393 Å². The number of hydrogen-bond donors (Lipinski definition) is 4. The molecular formula is C50H46BrN7O9. The van der Waals surface area contributed by atoms with Gasteiger partial charge in [-0.15, -0.1) is 0 Å². The van der Waals surface area contributed by atoms with E-state index in [1.165, 1.54) is 16.8 Å². The van der Waals surface area contributed by atoms with Gasteiger partial charge in [0.2, 0.25) is 35.4 Å². The van der Waals surface area contributed by atoms with Crippen molar-refractivity contribution in [1.29, 1.82) is 0 Å². The maximum absolute atomic E-state index is 12.9. The molecule has 342 valence electrons. The Bertz CT molecular complexity index is 2830. The zero-order chi connectivity index (χ0) is 47.1. The average Bonchev–Trinajstić information content (AvgIpc) is 3.94. The van der Waals surface area contributed by atoms with Gasteiger partial charge in [-0.3, -0.25) is 59.1 Å². The monoisotopic (exact) mass is 967 g/mol. The molecule has 3 saturated heterocycles. The summed E-state index contributed by atoms with van der Waals surface area (Å²) in [7, 11) is 0. The van der Waals surface area contributed by atoms with Gasteiger partial charge in [0, 0.05) is 78.2 Å². The van der Waals surface area contributed by atoms with Crippen molar-refractivity contribution in [2.75, 3.05) is 11.9 Å². The molecule has 4 atom stereocenters. The Hall–Kier alpha value is -7.27. The lowest BCUT2D eigenvalue weighted by molar-refractivity contribution is -0.138. The first-order valence-electron chi connectivity index (χ1n) is 22.2. The van der Waals surface area contributed by atoms with Crippen molar-refractivity contribution in [1.82, 2.24) is 30.7 Å². The van der Waals surface area contributed by atoms with Crippen LogP contribution in [0.4, 0.5) is 5.69 Å². The van der Waals surface area contributed by atoms with Crippen LogP contribution in [0.1, 0.15) is 115 Å². The van der Waals surface area contributed by atoms with Crippen LogP contribution < -0.4 is 21.3 Å². The average molecular weight is 969 g/mol. The molecule has 17 heteroatoms. The largest absolute Gasteiger partial charge is 0.385 e. The van der Waals surface area contributed by atoms with Gasteiger partial charge in [0.05, 0.1) is 0 Å². The van der Waals surface area contributed by atoms with Gasteiger partial charge in [-0.25, -0.2) is 0 Å². The lowest BCUT2D eigenvalue weighted by Crippen LogP contribution is -2.52. The third kappa shape index (κ3) is 8.90. The molecule has 0 radical (unpaired) electrons. The van der Waals surface area contributed by atoms with Gasteiger partial charge in [-0.1, -0.05) is 65.0 Å². The molecule has 4 N–H and O–H groups in total. The highest BCUT2D eigenvalue weighted by atomic mass is 79.9. The molecule has 0 bridgehead atoms. The number of amides is 9. The summed E-state index contributed by atoms with van der Waals surface area (Å²) >= 11 is 3.37. The molecule has 4 aromatic rings. The number of hydrogen-bond acceptors (Lipinski definition) is 10. The van der Waals surface area contributed by atoms with Crippen LogP contribution in [-0.4, -0.2) is 92.5 Å². The Morgan fingerprint density at radius 1 is 0.537 bits per heavy atom. The van der Waals surface area contributed by atoms with Crippen molar-refractivity contribution >= 4 is 80.9 Å². The smallest absolute Gasteiger partial charge is 0.255 e. The fourth-order valence-corrected chi connectivity index (χ4v) is 10.3. The van der Waals surface area contributed by atoms with Crippen molar-refractivity contribution in [3.8, 4) is 0 Å². The van der Waals surface area contributed by atoms with E-state index in [0.717, 1.165) is 39.7 Å². The van der Waals surface area contributed by atoms with Gasteiger partial charge in [0.1, 0.15) is 18.1 Å². The number of halogens is 1. The Balaban J connectivity index is 0.000000129. The molecule has 9 amide bonds. The number of carbonyl (C=O) groups excluding carboxylic acids is 9. The molecule has 3 fully saturated rings. The standard InChI is InChI=1S/C22H21N3O3.C15H14N2O3.C13H11BrN2O3/c26-20-8-7-19(21(27)24-20)25-12-14-11-13(5-6-16(14)22(25)28)15-9-10-23-18-4-2-1-3-17(15)18;1-2-9-3-4-11-10(7-9)8-17(15(11)20)12-5-6-13(18)16-14(12)19;14-8-1-2-9-7(5-8)6-16(13(9)19)10-3-4-11(17)15-12(10)18/h1-6,11,15,19,23H,7-10,12H2,(H,24,26,27);2-4,7,12H,1,5-6,8H2,(H,16,18,19);1-2,5,10H,3-4,6H2,(H,15,17,18). The maximum Gasteiger partial charge on any atom is 0.255 e. The van der Waals surface area contributed by atoms with Crippen LogP contribution in [0.3, 0.4) is 0 Å². The first kappa shape index (κ1) is 44.9. The van der Waals surface area contributed by atoms with E-state index in [1.54, 1.807) is 32.9 Å². The molecule has 67 heavy (non-hydrogen) atoms. The van der Waals surface area contributed by atoms with Crippen molar-refractivity contribution in [2.24, 2.45) is 0 Å². The molecule has 7 aliphatic heterocycles. The minimum Gasteiger partial charge on any atom is -0.385 e. The molecule has 16 nitrogen and oxygen atoms in total. The summed E-state index contributed by atoms with van der Waals surface area (Å²) in [6, 6.07) is 23.7. The zero-order valence-corrected chi connectivity index (χ0v) is 37.9. The predicted molar refractivity (Wildman–Crippen MR) is 247 cm³/mol. The van der Waals surface area contributed by atoms with E-state index in [4.69, 9.17) is 0 Å². The van der Waals surface area contributed by atoms with Crippen molar-refractivity contribution in [3.05, 3.63) is 140 Å². The van der Waals surface area contributed by atoms with Gasteiger partial charge in [-0.2, -0.15) is 0 Å². The van der Waals surface area contributed by atoms with Gasteiger partial charge >= 0.3 is 0 Å². The van der Waals surface area contributed by atoms with Crippen LogP contribution in [-0.2, 0) is 48.4 Å². The summed E-state index contributed by atoms with van der Waals surface area (Å²) in [6.07, 6.45) is 4.71. The number of rotatable bonds is 5. The van der Waals surface area contributed by atoms with E-state index in [0.29, 0.717) is 61.5 Å². The normalized spacial score (nSPS) is 22.8. The summed E-state index contributed by atoms with van der Waals surface area (Å²) in [6.45, 7) is 5.86. The number of anilines is 1. The van der Waals surface area contributed by atoms with Crippen LogP contribution in [0.15, 0.2) is 89.9 Å². The van der Waals surface area contributed by atoms with Gasteiger partial charge in [-0.05, 0) is 102 Å². The summed E-state index contributed by atoms with van der Waals surface area (Å²) in [4.78, 5) is 112. The summed E-state index contributed by atoms with van der Waals surface area (Å²) < 4.78 is 0.907. The number of nitrogens with one attached hydrogen (secondary N) is 4. The molecule has 0 spiro atoms. The van der Waals surface area contributed by atoms with Crippen molar-refractivity contribution in [3.63, 3.8) is 0 Å². The topological polar surface area (TPSA) is 211 Å². The molecule has 7 aliphatic rings. The third-order valence-electron chi connectivity index (χ3n) is 13.3. The summed E-state index contributed by atoms with van der Waals surface area (Å²) in [5.74, 6) is -2.06. The number of para-hydroxylation sites is 1. The van der Waals surface area contributed by atoms with Gasteiger partial charge < -0.3 is 20.0 Å². The number of carbonyl (C=O) groups is 9. The molecule has 0 aliphatic carbocycles. The highest BCUT2D eigenvalue weighted by Gasteiger charge is 2.42. The number of imide groups is 3. The predicted octanol–water partition coefficient (Wildman–Crippen LogP) is 4.70. The van der Waals surface area contributed by atoms with E-state index < -0.39 is 18.1 Å². The van der Waals surface area contributed by atoms with Crippen LogP contribution in [0.25, 0.3) is 6.08 Å². The molecule has 11 rings (SSSR count). The highest BCUT2D eigenvalue weighted by Crippen LogP contribution is 2.39. The second-order valence-electron chi connectivity index (χ2n) is 17.4. The first-order chi connectivity index (χ1) is 32.3. The molecule has 4 unspecified atom stereocenters. The molecule has 0 saturated carbocycles.